The first-order valence-corrected chi connectivity index (χ1v) is 8.21. The van der Waals surface area contributed by atoms with E-state index in [0.29, 0.717) is 0 Å². The lowest BCUT2D eigenvalue weighted by Gasteiger charge is -2.26. The molecule has 0 aliphatic carbocycles. The minimum atomic E-state index is -0.227. The summed E-state index contributed by atoms with van der Waals surface area (Å²) < 4.78 is 18.6. The summed E-state index contributed by atoms with van der Waals surface area (Å²) >= 11 is 0. The third-order valence-electron chi connectivity index (χ3n) is 4.51. The molecular formula is C21H17BFNO. The van der Waals surface area contributed by atoms with Crippen LogP contribution in [0, 0.1) is 5.82 Å². The second kappa shape index (κ2) is 6.48. The van der Waals surface area contributed by atoms with Crippen molar-refractivity contribution in [3.63, 3.8) is 0 Å². The van der Waals surface area contributed by atoms with E-state index in [9.17, 15) is 4.39 Å². The van der Waals surface area contributed by atoms with Gasteiger partial charge in [-0.3, -0.25) is 0 Å². The third-order valence-corrected chi connectivity index (χ3v) is 4.51. The first kappa shape index (κ1) is 15.5. The molecular weight excluding hydrogens is 312 g/mol. The molecule has 1 aliphatic rings. The number of fused-ring (bicyclic) bond motifs is 1. The lowest BCUT2D eigenvalue weighted by molar-refractivity contribution is 0.415. The van der Waals surface area contributed by atoms with Crippen LogP contribution in [0.5, 0.6) is 5.75 Å². The number of benzene rings is 3. The van der Waals surface area contributed by atoms with Crippen molar-refractivity contribution in [2.75, 3.05) is 12.3 Å². The number of anilines is 1. The maximum Gasteiger partial charge on any atom is 0.321 e. The average Bonchev–Trinajstić information content (AvgIpc) is 2.68. The number of para-hydroxylation sites is 1. The second-order valence-corrected chi connectivity index (χ2v) is 6.04. The lowest BCUT2D eigenvalue weighted by Crippen LogP contribution is -2.41. The predicted molar refractivity (Wildman–Crippen MR) is 103 cm³/mol. The maximum atomic E-state index is 13.3. The largest absolute Gasteiger partial charge is 0.497 e. The van der Waals surface area contributed by atoms with E-state index >= 15 is 0 Å². The van der Waals surface area contributed by atoms with Crippen LogP contribution >= 0.6 is 0 Å². The molecule has 0 fully saturated rings. The van der Waals surface area contributed by atoms with Crippen LogP contribution in [0.1, 0.15) is 11.1 Å². The smallest absolute Gasteiger partial charge is 0.321 e. The molecule has 0 radical (unpaired) electrons. The highest BCUT2D eigenvalue weighted by Gasteiger charge is 2.28. The molecule has 0 amide bonds. The fraction of sp³-hybridized carbons (Fsp3) is 0.0476. The summed E-state index contributed by atoms with van der Waals surface area (Å²) in [6.07, 6.45) is 2.20. The van der Waals surface area contributed by atoms with Crippen molar-refractivity contribution in [2.24, 2.45) is 0 Å². The third kappa shape index (κ3) is 3.03. The number of nitrogens with one attached hydrogen (secondary N) is 1. The molecule has 0 aromatic heterocycles. The SMILES string of the molecule is COc1ccc(C2=Cc3ccccc3NB2c2ccc(F)cc2)cc1. The van der Waals surface area contributed by atoms with Crippen LogP contribution in [0.15, 0.2) is 72.8 Å². The maximum absolute atomic E-state index is 13.3. The van der Waals surface area contributed by atoms with Crippen molar-refractivity contribution in [3.05, 3.63) is 89.7 Å². The Labute approximate surface area is 147 Å². The molecule has 4 rings (SSSR count). The summed E-state index contributed by atoms with van der Waals surface area (Å²) in [6.45, 7) is -0.0381. The van der Waals surface area contributed by atoms with E-state index in [1.165, 1.54) is 12.1 Å². The zero-order valence-electron chi connectivity index (χ0n) is 13.9. The van der Waals surface area contributed by atoms with Crippen molar-refractivity contribution < 1.29 is 9.13 Å². The Morgan fingerprint density at radius 2 is 1.60 bits per heavy atom. The van der Waals surface area contributed by atoms with Crippen molar-refractivity contribution in [3.8, 4) is 5.75 Å². The highest BCUT2D eigenvalue weighted by atomic mass is 19.1. The quantitative estimate of drug-likeness (QED) is 0.726. The van der Waals surface area contributed by atoms with Crippen LogP contribution < -0.4 is 15.4 Å². The van der Waals surface area contributed by atoms with Gasteiger partial charge < -0.3 is 9.96 Å². The van der Waals surface area contributed by atoms with Gasteiger partial charge in [0.05, 0.1) is 7.11 Å². The molecule has 0 bridgehead atoms. The Bertz CT molecular complexity index is 919. The summed E-state index contributed by atoms with van der Waals surface area (Å²) in [6, 6.07) is 22.9. The Morgan fingerprint density at radius 3 is 2.32 bits per heavy atom. The number of rotatable bonds is 3. The number of hydrogen-bond donors (Lipinski definition) is 1. The normalized spacial score (nSPS) is 12.9. The van der Waals surface area contributed by atoms with E-state index in [1.54, 1.807) is 7.11 Å². The molecule has 25 heavy (non-hydrogen) atoms. The van der Waals surface area contributed by atoms with E-state index in [1.807, 2.05) is 36.4 Å². The molecule has 1 aliphatic heterocycles. The highest BCUT2D eigenvalue weighted by Crippen LogP contribution is 2.31. The summed E-state index contributed by atoms with van der Waals surface area (Å²) in [5.41, 5.74) is 5.50. The molecule has 4 heteroatoms. The van der Waals surface area contributed by atoms with Crippen molar-refractivity contribution in [2.45, 2.75) is 0 Å². The molecule has 0 saturated heterocycles. The number of methoxy groups -OCH3 is 1. The lowest BCUT2D eigenvalue weighted by atomic mass is 9.47. The van der Waals surface area contributed by atoms with Gasteiger partial charge in [-0.1, -0.05) is 54.0 Å². The fourth-order valence-electron chi connectivity index (χ4n) is 3.19. The molecule has 3 aromatic rings. The van der Waals surface area contributed by atoms with Crippen molar-refractivity contribution in [1.29, 1.82) is 0 Å². The zero-order valence-corrected chi connectivity index (χ0v) is 13.9. The van der Waals surface area contributed by atoms with Gasteiger partial charge >= 0.3 is 6.85 Å². The molecule has 0 atom stereocenters. The number of halogens is 1. The monoisotopic (exact) mass is 329 g/mol. The Morgan fingerprint density at radius 1 is 0.880 bits per heavy atom. The molecule has 2 nitrogen and oxygen atoms in total. The average molecular weight is 329 g/mol. The number of hydrogen-bond acceptors (Lipinski definition) is 2. The Kier molecular flexibility index (Phi) is 4.02. The van der Waals surface area contributed by atoms with Gasteiger partial charge in [0, 0.05) is 5.69 Å². The standard InChI is InChI=1S/C21H17BFNO/c1-25-19-12-6-15(7-13-19)20-14-16-4-2-3-5-21(16)24-22(20)17-8-10-18(23)11-9-17/h2-14,24H,1H3. The molecule has 0 saturated carbocycles. The molecule has 3 aromatic carbocycles. The van der Waals surface area contributed by atoms with Crippen LogP contribution in [-0.2, 0) is 0 Å². The van der Waals surface area contributed by atoms with Gasteiger partial charge in [-0.2, -0.15) is 0 Å². The van der Waals surface area contributed by atoms with Crippen molar-refractivity contribution in [1.82, 2.24) is 0 Å². The Hall–Kier alpha value is -3.01. The van der Waals surface area contributed by atoms with Crippen LogP contribution in [0.2, 0.25) is 0 Å². The van der Waals surface area contributed by atoms with Crippen molar-refractivity contribution >= 4 is 29.5 Å². The van der Waals surface area contributed by atoms with Gasteiger partial charge in [0.2, 0.25) is 0 Å². The summed E-state index contributed by atoms with van der Waals surface area (Å²) in [5, 5.41) is 3.59. The van der Waals surface area contributed by atoms with Crippen LogP contribution in [0.25, 0.3) is 11.5 Å². The van der Waals surface area contributed by atoms with E-state index in [2.05, 4.69) is 35.6 Å². The van der Waals surface area contributed by atoms with Crippen LogP contribution in [0.4, 0.5) is 10.1 Å². The van der Waals surface area contributed by atoms with Gasteiger partial charge in [0.1, 0.15) is 11.6 Å². The zero-order chi connectivity index (χ0) is 17.2. The van der Waals surface area contributed by atoms with E-state index in [4.69, 9.17) is 4.74 Å². The molecule has 0 spiro atoms. The summed E-state index contributed by atoms with van der Waals surface area (Å²) in [5.74, 6) is 0.599. The molecule has 1 N–H and O–H groups in total. The van der Waals surface area contributed by atoms with Gasteiger partial charge in [-0.15, -0.1) is 0 Å². The summed E-state index contributed by atoms with van der Waals surface area (Å²) in [7, 11) is 1.66. The minimum absolute atomic E-state index is 0.0381. The Balaban J connectivity index is 1.82. The van der Waals surface area contributed by atoms with Gasteiger partial charge in [-0.05, 0) is 46.9 Å². The highest BCUT2D eigenvalue weighted by molar-refractivity contribution is 6.93. The van der Waals surface area contributed by atoms with Gasteiger partial charge in [0.25, 0.3) is 0 Å². The minimum Gasteiger partial charge on any atom is -0.497 e. The van der Waals surface area contributed by atoms with E-state index in [0.717, 1.165) is 33.5 Å². The molecule has 1 heterocycles. The number of ether oxygens (including phenoxy) is 1. The topological polar surface area (TPSA) is 21.3 Å². The molecule has 0 unspecified atom stereocenters. The second-order valence-electron chi connectivity index (χ2n) is 6.04. The van der Waals surface area contributed by atoms with Crippen LogP contribution in [0.3, 0.4) is 0 Å². The van der Waals surface area contributed by atoms with E-state index in [-0.39, 0.29) is 12.7 Å². The summed E-state index contributed by atoms with van der Waals surface area (Å²) in [4.78, 5) is 0. The fourth-order valence-corrected chi connectivity index (χ4v) is 3.19. The predicted octanol–water partition coefficient (Wildman–Crippen LogP) is 4.24. The van der Waals surface area contributed by atoms with Gasteiger partial charge in [-0.25, -0.2) is 4.39 Å². The van der Waals surface area contributed by atoms with Gasteiger partial charge in [0.15, 0.2) is 0 Å². The molecule has 122 valence electrons. The first-order chi connectivity index (χ1) is 12.2. The van der Waals surface area contributed by atoms with Crippen LogP contribution in [-0.4, -0.2) is 14.0 Å². The van der Waals surface area contributed by atoms with E-state index < -0.39 is 0 Å². The first-order valence-electron chi connectivity index (χ1n) is 8.21.